The van der Waals surface area contributed by atoms with Crippen molar-refractivity contribution >= 4 is 11.3 Å². The van der Waals surface area contributed by atoms with Crippen LogP contribution < -0.4 is 0 Å². The molecule has 0 aliphatic carbocycles. The lowest BCUT2D eigenvalue weighted by atomic mass is 10.2. The number of fused-ring (bicyclic) bond motifs is 1. The van der Waals surface area contributed by atoms with E-state index < -0.39 is 0 Å². The first-order valence-corrected chi connectivity index (χ1v) is 4.60. The highest BCUT2D eigenvalue weighted by molar-refractivity contribution is 5.78. The predicted molar refractivity (Wildman–Crippen MR) is 54.3 cm³/mol. The van der Waals surface area contributed by atoms with Crippen LogP contribution in [0.3, 0.4) is 0 Å². The van der Waals surface area contributed by atoms with Gasteiger partial charge in [-0.05, 0) is 32.0 Å². The Labute approximate surface area is 82.4 Å². The average Bonchev–Trinajstić information content (AvgIpc) is 2.45. The van der Waals surface area contributed by atoms with Crippen LogP contribution in [0.4, 0.5) is 0 Å². The molecule has 0 aliphatic heterocycles. The Morgan fingerprint density at radius 3 is 3.00 bits per heavy atom. The van der Waals surface area contributed by atoms with Gasteiger partial charge in [-0.25, -0.2) is 4.52 Å². The molecule has 0 aromatic carbocycles. The molecule has 0 spiro atoms. The lowest BCUT2D eigenvalue weighted by molar-refractivity contribution is -0.116. The van der Waals surface area contributed by atoms with E-state index in [1.807, 2.05) is 35.7 Å². The Morgan fingerprint density at radius 1 is 1.50 bits per heavy atom. The number of carbonyl (C=O) groups excluding carboxylic acids is 1. The van der Waals surface area contributed by atoms with Crippen molar-refractivity contribution in [1.29, 1.82) is 0 Å². The van der Waals surface area contributed by atoms with Gasteiger partial charge in [0.05, 0.1) is 11.2 Å². The Bertz CT molecular complexity index is 485. The molecule has 2 rings (SSSR count). The van der Waals surface area contributed by atoms with Crippen molar-refractivity contribution in [2.45, 2.75) is 20.3 Å². The van der Waals surface area contributed by atoms with Crippen molar-refractivity contribution in [2.24, 2.45) is 0 Å². The normalized spacial score (nSPS) is 10.7. The highest BCUT2D eigenvalue weighted by Gasteiger charge is 2.04. The molecule has 0 bridgehead atoms. The zero-order valence-electron chi connectivity index (χ0n) is 8.32. The van der Waals surface area contributed by atoms with Crippen LogP contribution in [0.2, 0.25) is 0 Å². The highest BCUT2D eigenvalue weighted by Crippen LogP contribution is 2.09. The van der Waals surface area contributed by atoms with Gasteiger partial charge in [-0.3, -0.25) is 4.79 Å². The van der Waals surface area contributed by atoms with E-state index in [-0.39, 0.29) is 5.78 Å². The standard InChI is InChI=1S/C11H12N2O/c1-8-6-10-4-3-5-11(7-9(2)14)13(10)12-8/h3-6H,7H2,1-2H3. The van der Waals surface area contributed by atoms with Crippen LogP contribution in [0.15, 0.2) is 24.3 Å². The molecule has 14 heavy (non-hydrogen) atoms. The molecule has 3 heteroatoms. The van der Waals surface area contributed by atoms with Crippen LogP contribution in [0.25, 0.3) is 5.52 Å². The van der Waals surface area contributed by atoms with E-state index in [1.54, 1.807) is 6.92 Å². The SMILES string of the molecule is CC(=O)Cc1cccc2cc(C)nn12. The van der Waals surface area contributed by atoms with E-state index in [9.17, 15) is 4.79 Å². The van der Waals surface area contributed by atoms with Gasteiger partial charge in [0.1, 0.15) is 5.78 Å². The van der Waals surface area contributed by atoms with Gasteiger partial charge in [0, 0.05) is 12.1 Å². The van der Waals surface area contributed by atoms with Gasteiger partial charge in [-0.2, -0.15) is 5.10 Å². The molecular weight excluding hydrogens is 176 g/mol. The van der Waals surface area contributed by atoms with E-state index in [4.69, 9.17) is 0 Å². The molecule has 0 radical (unpaired) electrons. The van der Waals surface area contributed by atoms with Crippen molar-refractivity contribution < 1.29 is 4.79 Å². The van der Waals surface area contributed by atoms with Gasteiger partial charge >= 0.3 is 0 Å². The minimum absolute atomic E-state index is 0.158. The van der Waals surface area contributed by atoms with Crippen molar-refractivity contribution in [3.8, 4) is 0 Å². The second kappa shape index (κ2) is 3.25. The van der Waals surface area contributed by atoms with Crippen molar-refractivity contribution in [3.05, 3.63) is 35.7 Å². The monoisotopic (exact) mass is 188 g/mol. The first-order valence-electron chi connectivity index (χ1n) is 4.60. The summed E-state index contributed by atoms with van der Waals surface area (Å²) in [5.41, 5.74) is 2.96. The van der Waals surface area contributed by atoms with Crippen LogP contribution in [0, 0.1) is 6.92 Å². The third kappa shape index (κ3) is 1.53. The first-order chi connectivity index (χ1) is 6.66. The van der Waals surface area contributed by atoms with Crippen LogP contribution in [-0.2, 0) is 11.2 Å². The Balaban J connectivity index is 2.58. The van der Waals surface area contributed by atoms with Gasteiger partial charge in [0.15, 0.2) is 0 Å². The number of carbonyl (C=O) groups is 1. The van der Waals surface area contributed by atoms with Crippen LogP contribution >= 0.6 is 0 Å². The van der Waals surface area contributed by atoms with E-state index in [0.29, 0.717) is 6.42 Å². The lowest BCUT2D eigenvalue weighted by Gasteiger charge is -2.01. The smallest absolute Gasteiger partial charge is 0.135 e. The molecule has 0 saturated heterocycles. The summed E-state index contributed by atoms with van der Waals surface area (Å²) in [4.78, 5) is 11.0. The van der Waals surface area contributed by atoms with Crippen molar-refractivity contribution in [2.75, 3.05) is 0 Å². The quantitative estimate of drug-likeness (QED) is 0.719. The molecule has 0 N–H and O–H groups in total. The topological polar surface area (TPSA) is 34.4 Å². The molecular formula is C11H12N2O. The number of aromatic nitrogens is 2. The fourth-order valence-corrected chi connectivity index (χ4v) is 1.59. The number of ketones is 1. The first kappa shape index (κ1) is 8.94. The summed E-state index contributed by atoms with van der Waals surface area (Å²) in [7, 11) is 0. The summed E-state index contributed by atoms with van der Waals surface area (Å²) in [5, 5.41) is 4.33. The third-order valence-corrected chi connectivity index (χ3v) is 2.12. The Kier molecular flexibility index (Phi) is 2.08. The fraction of sp³-hybridized carbons (Fsp3) is 0.273. The number of rotatable bonds is 2. The Hall–Kier alpha value is -1.64. The number of nitrogens with zero attached hydrogens (tertiary/aromatic N) is 2. The molecule has 2 heterocycles. The number of hydrogen-bond acceptors (Lipinski definition) is 2. The van der Waals surface area contributed by atoms with E-state index in [1.165, 1.54) is 0 Å². The number of aryl methyl sites for hydroxylation is 1. The molecule has 0 atom stereocenters. The van der Waals surface area contributed by atoms with Gasteiger partial charge in [-0.15, -0.1) is 0 Å². The average molecular weight is 188 g/mol. The number of Topliss-reactive ketones (excluding diaryl/α,β-unsaturated/α-hetero) is 1. The minimum atomic E-state index is 0.158. The lowest BCUT2D eigenvalue weighted by Crippen LogP contribution is -2.03. The van der Waals surface area contributed by atoms with Gasteiger partial charge in [-0.1, -0.05) is 6.07 Å². The molecule has 3 nitrogen and oxygen atoms in total. The van der Waals surface area contributed by atoms with Gasteiger partial charge < -0.3 is 0 Å². The molecule has 0 saturated carbocycles. The van der Waals surface area contributed by atoms with E-state index >= 15 is 0 Å². The van der Waals surface area contributed by atoms with Gasteiger partial charge in [0.2, 0.25) is 0 Å². The largest absolute Gasteiger partial charge is 0.300 e. The summed E-state index contributed by atoms with van der Waals surface area (Å²) < 4.78 is 1.83. The molecule has 0 aliphatic rings. The predicted octanol–water partition coefficient (Wildman–Crippen LogP) is 1.77. The number of hydrogen-bond donors (Lipinski definition) is 0. The highest BCUT2D eigenvalue weighted by atomic mass is 16.1. The van der Waals surface area contributed by atoms with Crippen LogP contribution in [-0.4, -0.2) is 15.4 Å². The van der Waals surface area contributed by atoms with Crippen molar-refractivity contribution in [1.82, 2.24) is 9.61 Å². The zero-order valence-corrected chi connectivity index (χ0v) is 8.32. The molecule has 0 fully saturated rings. The zero-order chi connectivity index (χ0) is 10.1. The molecule has 2 aromatic heterocycles. The second-order valence-corrected chi connectivity index (χ2v) is 3.52. The second-order valence-electron chi connectivity index (χ2n) is 3.52. The van der Waals surface area contributed by atoms with Crippen LogP contribution in [0.5, 0.6) is 0 Å². The summed E-state index contributed by atoms with van der Waals surface area (Å²) >= 11 is 0. The molecule has 0 amide bonds. The molecule has 72 valence electrons. The summed E-state index contributed by atoms with van der Waals surface area (Å²) in [6.45, 7) is 3.54. The maximum Gasteiger partial charge on any atom is 0.135 e. The summed E-state index contributed by atoms with van der Waals surface area (Å²) in [5.74, 6) is 0.158. The minimum Gasteiger partial charge on any atom is -0.300 e. The maximum absolute atomic E-state index is 11.0. The third-order valence-electron chi connectivity index (χ3n) is 2.12. The molecule has 2 aromatic rings. The van der Waals surface area contributed by atoms with Crippen LogP contribution in [0.1, 0.15) is 18.3 Å². The Morgan fingerprint density at radius 2 is 2.29 bits per heavy atom. The summed E-state index contributed by atoms with van der Waals surface area (Å²) in [6.07, 6.45) is 0.443. The van der Waals surface area contributed by atoms with E-state index in [2.05, 4.69) is 5.10 Å². The number of pyridine rings is 1. The maximum atomic E-state index is 11.0. The molecule has 0 unspecified atom stereocenters. The van der Waals surface area contributed by atoms with Crippen molar-refractivity contribution in [3.63, 3.8) is 0 Å². The van der Waals surface area contributed by atoms with E-state index in [0.717, 1.165) is 16.9 Å². The van der Waals surface area contributed by atoms with Gasteiger partial charge in [0.25, 0.3) is 0 Å². The fourth-order valence-electron chi connectivity index (χ4n) is 1.59. The summed E-state index contributed by atoms with van der Waals surface area (Å²) in [6, 6.07) is 7.88.